The molecule has 0 bridgehead atoms. The maximum atomic E-state index is 9.92. The van der Waals surface area contributed by atoms with Gasteiger partial charge in [0.25, 0.3) is 0 Å². The van der Waals surface area contributed by atoms with Crippen molar-refractivity contribution >= 4 is 23.2 Å². The van der Waals surface area contributed by atoms with Crippen molar-refractivity contribution in [2.45, 2.75) is 6.10 Å². The first-order valence-electron chi connectivity index (χ1n) is 4.35. The monoisotopic (exact) mass is 242 g/mol. The molecule has 1 atom stereocenters. The van der Waals surface area contributed by atoms with Crippen LogP contribution in [0.1, 0.15) is 17.4 Å². The van der Waals surface area contributed by atoms with E-state index in [9.17, 15) is 5.11 Å². The molecule has 1 unspecified atom stereocenters. The van der Waals surface area contributed by atoms with Crippen LogP contribution in [-0.2, 0) is 0 Å². The van der Waals surface area contributed by atoms with E-state index in [-0.39, 0.29) is 5.22 Å². The predicted octanol–water partition coefficient (Wildman–Crippen LogP) is 3.67. The molecular formula is C11H8Cl2O2. The molecule has 0 saturated heterocycles. The molecule has 1 heterocycles. The van der Waals surface area contributed by atoms with E-state index in [1.54, 1.807) is 36.4 Å². The molecule has 2 rings (SSSR count). The van der Waals surface area contributed by atoms with Gasteiger partial charge in [-0.25, -0.2) is 0 Å². The number of furan rings is 1. The lowest BCUT2D eigenvalue weighted by Gasteiger charge is -2.07. The minimum absolute atomic E-state index is 0.256. The number of benzene rings is 1. The van der Waals surface area contributed by atoms with Gasteiger partial charge in [0.05, 0.1) is 0 Å². The summed E-state index contributed by atoms with van der Waals surface area (Å²) in [5, 5.41) is 10.7. The first kappa shape index (κ1) is 10.6. The molecule has 78 valence electrons. The average Bonchev–Trinajstić information content (AvgIpc) is 2.64. The Morgan fingerprint density at radius 2 is 1.93 bits per heavy atom. The Morgan fingerprint density at radius 3 is 2.53 bits per heavy atom. The summed E-state index contributed by atoms with van der Waals surface area (Å²) in [6, 6.07) is 10.2. The Labute approximate surface area is 97.0 Å². The molecule has 0 spiro atoms. The number of hydrogen-bond donors (Lipinski definition) is 1. The van der Waals surface area contributed by atoms with Crippen molar-refractivity contribution in [2.24, 2.45) is 0 Å². The summed E-state index contributed by atoms with van der Waals surface area (Å²) < 4.78 is 5.11. The zero-order valence-electron chi connectivity index (χ0n) is 7.65. The topological polar surface area (TPSA) is 33.4 Å². The molecule has 0 saturated carbocycles. The minimum Gasteiger partial charge on any atom is -0.447 e. The van der Waals surface area contributed by atoms with Crippen LogP contribution in [0.4, 0.5) is 0 Å². The molecule has 4 heteroatoms. The van der Waals surface area contributed by atoms with Crippen molar-refractivity contribution in [3.63, 3.8) is 0 Å². The van der Waals surface area contributed by atoms with E-state index < -0.39 is 6.10 Å². The summed E-state index contributed by atoms with van der Waals surface area (Å²) in [6.45, 7) is 0. The van der Waals surface area contributed by atoms with Crippen LogP contribution in [0.2, 0.25) is 10.2 Å². The first-order valence-corrected chi connectivity index (χ1v) is 5.11. The summed E-state index contributed by atoms with van der Waals surface area (Å²) in [7, 11) is 0. The molecule has 0 aliphatic heterocycles. The predicted molar refractivity (Wildman–Crippen MR) is 59.2 cm³/mol. The minimum atomic E-state index is -0.837. The lowest BCUT2D eigenvalue weighted by Crippen LogP contribution is -1.97. The van der Waals surface area contributed by atoms with Crippen LogP contribution in [0.15, 0.2) is 40.8 Å². The maximum Gasteiger partial charge on any atom is 0.193 e. The molecule has 2 nitrogen and oxygen atoms in total. The molecule has 0 amide bonds. The summed E-state index contributed by atoms with van der Waals surface area (Å²) in [6.07, 6.45) is -0.837. The molecule has 0 aliphatic rings. The number of aliphatic hydroxyl groups excluding tert-OH is 1. The molecule has 15 heavy (non-hydrogen) atoms. The van der Waals surface area contributed by atoms with Crippen molar-refractivity contribution < 1.29 is 9.52 Å². The average molecular weight is 243 g/mol. The highest BCUT2D eigenvalue weighted by Gasteiger charge is 2.14. The largest absolute Gasteiger partial charge is 0.447 e. The van der Waals surface area contributed by atoms with E-state index in [0.29, 0.717) is 16.3 Å². The van der Waals surface area contributed by atoms with Gasteiger partial charge < -0.3 is 9.52 Å². The van der Waals surface area contributed by atoms with E-state index in [1.165, 1.54) is 0 Å². The van der Waals surface area contributed by atoms with Crippen LogP contribution >= 0.6 is 23.2 Å². The lowest BCUT2D eigenvalue weighted by molar-refractivity contribution is 0.189. The van der Waals surface area contributed by atoms with Gasteiger partial charge in [-0.3, -0.25) is 0 Å². The highest BCUT2D eigenvalue weighted by molar-refractivity contribution is 6.30. The number of hydrogen-bond acceptors (Lipinski definition) is 2. The Hall–Kier alpha value is -0.960. The van der Waals surface area contributed by atoms with E-state index in [2.05, 4.69) is 0 Å². The molecule has 1 aromatic carbocycles. The zero-order valence-corrected chi connectivity index (χ0v) is 9.16. The van der Waals surface area contributed by atoms with Gasteiger partial charge in [0.2, 0.25) is 0 Å². The highest BCUT2D eigenvalue weighted by Crippen LogP contribution is 2.26. The Bertz CT molecular complexity index is 465. The molecule has 0 aliphatic carbocycles. The van der Waals surface area contributed by atoms with Gasteiger partial charge in [-0.15, -0.1) is 0 Å². The van der Waals surface area contributed by atoms with Crippen molar-refractivity contribution in [3.8, 4) is 0 Å². The third kappa shape index (κ3) is 2.34. The van der Waals surface area contributed by atoms with Crippen LogP contribution in [0.3, 0.4) is 0 Å². The second-order valence-electron chi connectivity index (χ2n) is 3.10. The third-order valence-corrected chi connectivity index (χ3v) is 2.47. The zero-order chi connectivity index (χ0) is 10.8. The standard InChI is InChI=1S/C11H8Cl2O2/c12-8-3-1-2-7(6-8)11(14)9-4-5-10(13)15-9/h1-6,11,14H. The molecule has 2 aromatic rings. The lowest BCUT2D eigenvalue weighted by atomic mass is 10.1. The van der Waals surface area contributed by atoms with Gasteiger partial charge in [-0.05, 0) is 41.4 Å². The van der Waals surface area contributed by atoms with Crippen LogP contribution in [0.25, 0.3) is 0 Å². The number of rotatable bonds is 2. The second kappa shape index (κ2) is 4.27. The fourth-order valence-corrected chi connectivity index (χ4v) is 1.67. The van der Waals surface area contributed by atoms with Crippen molar-refractivity contribution in [2.75, 3.05) is 0 Å². The van der Waals surface area contributed by atoms with E-state index >= 15 is 0 Å². The Morgan fingerprint density at radius 1 is 1.13 bits per heavy atom. The van der Waals surface area contributed by atoms with E-state index in [0.717, 1.165) is 0 Å². The fraction of sp³-hybridized carbons (Fsp3) is 0.0909. The molecule has 0 radical (unpaired) electrons. The normalized spacial score (nSPS) is 12.7. The van der Waals surface area contributed by atoms with Crippen LogP contribution in [0, 0.1) is 0 Å². The molecule has 0 fully saturated rings. The van der Waals surface area contributed by atoms with Crippen molar-refractivity contribution in [1.82, 2.24) is 0 Å². The Kier molecular flexibility index (Phi) is 3.00. The van der Waals surface area contributed by atoms with E-state index in [4.69, 9.17) is 27.6 Å². The Balaban J connectivity index is 2.32. The van der Waals surface area contributed by atoms with Gasteiger partial charge in [0.1, 0.15) is 11.9 Å². The summed E-state index contributed by atoms with van der Waals surface area (Å²) in [5.41, 5.74) is 0.675. The van der Waals surface area contributed by atoms with Crippen molar-refractivity contribution in [3.05, 3.63) is 58.0 Å². The SMILES string of the molecule is OC(c1cccc(Cl)c1)c1ccc(Cl)o1. The van der Waals surface area contributed by atoms with Gasteiger partial charge in [-0.1, -0.05) is 23.7 Å². The van der Waals surface area contributed by atoms with Crippen LogP contribution in [-0.4, -0.2) is 5.11 Å². The fourth-order valence-electron chi connectivity index (χ4n) is 1.32. The number of halogens is 2. The quantitative estimate of drug-likeness (QED) is 0.872. The summed E-state index contributed by atoms with van der Waals surface area (Å²) in [5.74, 6) is 0.405. The van der Waals surface area contributed by atoms with Crippen molar-refractivity contribution in [1.29, 1.82) is 0 Å². The third-order valence-electron chi connectivity index (χ3n) is 2.03. The smallest absolute Gasteiger partial charge is 0.193 e. The highest BCUT2D eigenvalue weighted by atomic mass is 35.5. The van der Waals surface area contributed by atoms with Crippen LogP contribution in [0.5, 0.6) is 0 Å². The number of aliphatic hydroxyl groups is 1. The molecule has 1 N–H and O–H groups in total. The van der Waals surface area contributed by atoms with Gasteiger partial charge in [-0.2, -0.15) is 0 Å². The summed E-state index contributed by atoms with van der Waals surface area (Å²) in [4.78, 5) is 0. The second-order valence-corrected chi connectivity index (χ2v) is 3.91. The van der Waals surface area contributed by atoms with Crippen LogP contribution < -0.4 is 0 Å². The maximum absolute atomic E-state index is 9.92. The summed E-state index contributed by atoms with van der Waals surface area (Å²) >= 11 is 11.4. The first-order chi connectivity index (χ1) is 7.16. The van der Waals surface area contributed by atoms with Gasteiger partial charge in [0.15, 0.2) is 5.22 Å². The van der Waals surface area contributed by atoms with E-state index in [1.807, 2.05) is 0 Å². The van der Waals surface area contributed by atoms with Gasteiger partial charge >= 0.3 is 0 Å². The molecule has 1 aromatic heterocycles. The molecular weight excluding hydrogens is 235 g/mol. The van der Waals surface area contributed by atoms with Gasteiger partial charge in [0, 0.05) is 5.02 Å².